The van der Waals surface area contributed by atoms with Gasteiger partial charge in [-0.25, -0.2) is 65.9 Å². The van der Waals surface area contributed by atoms with E-state index in [0.29, 0.717) is 0 Å². The number of hydrogen-bond acceptors (Lipinski definition) is 1. The van der Waals surface area contributed by atoms with Gasteiger partial charge in [0.25, 0.3) is 0 Å². The van der Waals surface area contributed by atoms with Crippen molar-refractivity contribution in [2.75, 3.05) is 4.81 Å². The second-order valence-corrected chi connectivity index (χ2v) is 9.61. The molecule has 0 amide bonds. The lowest BCUT2D eigenvalue weighted by Gasteiger charge is -2.56. The fourth-order valence-corrected chi connectivity index (χ4v) is 5.39. The summed E-state index contributed by atoms with van der Waals surface area (Å²) in [7, 11) is 0. The number of halogens is 15. The quantitative estimate of drug-likeness (QED) is 0.0982. The Kier molecular flexibility index (Phi) is 8.39. The maximum atomic E-state index is 15.8. The van der Waals surface area contributed by atoms with E-state index in [1.54, 1.807) is 0 Å². The first-order valence-electron chi connectivity index (χ1n) is 12.0. The number of nitrogens with zero attached hydrogens (tertiary/aromatic N) is 1. The Labute approximate surface area is 237 Å². The summed E-state index contributed by atoms with van der Waals surface area (Å²) in [4.78, 5) is 0.0365. The first kappa shape index (κ1) is 32.6. The first-order valence-corrected chi connectivity index (χ1v) is 12.0. The highest BCUT2D eigenvalue weighted by Gasteiger charge is 2.52. The minimum absolute atomic E-state index is 0.0365. The number of hydrogen-bond donors (Lipinski definition) is 0. The minimum Gasteiger partial charge on any atom is -0.531 e. The Hall–Kier alpha value is -4.31. The second-order valence-electron chi connectivity index (χ2n) is 9.61. The topological polar surface area (TPSA) is 3.24 Å². The predicted octanol–water partition coefficient (Wildman–Crippen LogP) is 6.66. The van der Waals surface area contributed by atoms with E-state index in [9.17, 15) is 39.5 Å². The molecule has 0 heterocycles. The van der Waals surface area contributed by atoms with Crippen LogP contribution in [0.4, 0.5) is 71.5 Å². The summed E-state index contributed by atoms with van der Waals surface area (Å²) in [5.74, 6) is -45.6. The lowest BCUT2D eigenvalue weighted by Crippen LogP contribution is -2.83. The largest absolute Gasteiger partial charge is 0.531 e. The highest BCUT2D eigenvalue weighted by atomic mass is 19.2. The van der Waals surface area contributed by atoms with Gasteiger partial charge in [0.2, 0.25) is 0 Å². The van der Waals surface area contributed by atoms with Crippen LogP contribution in [0.3, 0.4) is 0 Å². The fraction of sp³-hybridized carbons (Fsp3) is 0.111. The zero-order valence-electron chi connectivity index (χ0n) is 21.7. The molecule has 4 aromatic rings. The molecular formula is C27H12BF15N-. The Morgan fingerprint density at radius 1 is 0.386 bits per heavy atom. The summed E-state index contributed by atoms with van der Waals surface area (Å²) < 4.78 is 225. The summed E-state index contributed by atoms with van der Waals surface area (Å²) in [6, 6.07) is 3.12. The predicted molar refractivity (Wildman–Crippen MR) is 127 cm³/mol. The summed E-state index contributed by atoms with van der Waals surface area (Å²) in [5.41, 5.74) is -8.81. The van der Waals surface area contributed by atoms with Gasteiger partial charge in [0.15, 0.2) is 58.6 Å². The van der Waals surface area contributed by atoms with E-state index in [1.165, 1.54) is 6.07 Å². The monoisotopic (exact) mass is 646 g/mol. The van der Waals surface area contributed by atoms with Crippen LogP contribution in [0.5, 0.6) is 0 Å². The van der Waals surface area contributed by atoms with Gasteiger partial charge in [-0.3, -0.25) is 0 Å². The third kappa shape index (κ3) is 4.38. The number of rotatable bonds is 6. The van der Waals surface area contributed by atoms with Gasteiger partial charge in [-0.05, 0) is 37.7 Å². The maximum absolute atomic E-state index is 15.8. The minimum atomic E-state index is -5.88. The van der Waals surface area contributed by atoms with Gasteiger partial charge in [0.05, 0.1) is 0 Å². The molecule has 0 saturated carbocycles. The Morgan fingerprint density at radius 2 is 0.614 bits per heavy atom. The van der Waals surface area contributed by atoms with Gasteiger partial charge in [0, 0.05) is 0 Å². The van der Waals surface area contributed by atoms with Gasteiger partial charge in [0.1, 0.15) is 34.9 Å². The molecule has 44 heavy (non-hydrogen) atoms. The van der Waals surface area contributed by atoms with E-state index in [0.717, 1.165) is 38.1 Å². The molecule has 17 heteroatoms. The molecule has 0 aliphatic rings. The van der Waals surface area contributed by atoms with Crippen molar-refractivity contribution < 1.29 is 65.9 Å². The molecule has 4 aromatic carbocycles. The summed E-state index contributed by atoms with van der Waals surface area (Å²) in [6.07, 6.45) is -5.88. The molecule has 1 nitrogen and oxygen atoms in total. The third-order valence-electron chi connectivity index (χ3n) is 7.01. The first-order chi connectivity index (χ1) is 20.5. The number of anilines is 1. The molecule has 0 bridgehead atoms. The Morgan fingerprint density at radius 3 is 0.841 bits per heavy atom. The smallest absolute Gasteiger partial charge is 0.200 e. The van der Waals surface area contributed by atoms with Gasteiger partial charge in [-0.15, -0.1) is 16.4 Å². The van der Waals surface area contributed by atoms with Crippen molar-refractivity contribution in [2.24, 2.45) is 0 Å². The molecule has 0 aliphatic heterocycles. The fourth-order valence-electron chi connectivity index (χ4n) is 5.39. The van der Waals surface area contributed by atoms with Gasteiger partial charge < -0.3 is 4.81 Å². The second kappa shape index (κ2) is 11.3. The average Bonchev–Trinajstić information content (AvgIpc) is 2.99. The van der Waals surface area contributed by atoms with Crippen LogP contribution in [0.25, 0.3) is 0 Å². The SMILES string of the molecule is CC(C)N(c1ccccc1)[B-](c1c(F)c(F)c(F)c(F)c1F)(c1c(F)c(F)c(F)c(F)c1F)c1c(F)c(F)c(F)c(F)c1F. The van der Waals surface area contributed by atoms with Crippen LogP contribution in [-0.4, -0.2) is 12.3 Å². The van der Waals surface area contributed by atoms with E-state index in [1.807, 2.05) is 0 Å². The molecule has 0 aliphatic carbocycles. The normalized spacial score (nSPS) is 12.0. The van der Waals surface area contributed by atoms with Gasteiger partial charge >= 0.3 is 0 Å². The van der Waals surface area contributed by atoms with Crippen molar-refractivity contribution in [3.8, 4) is 0 Å². The molecule has 0 saturated heterocycles. The molecule has 0 spiro atoms. The lowest BCUT2D eigenvalue weighted by molar-refractivity contribution is 0.379. The molecule has 0 N–H and O–H groups in total. The standard InChI is InChI=1S/C27H12BF15N/c1-8(2)44(9-6-4-3-5-7-9)28(10-13(29)19(35)25(41)20(36)14(10)30,11-15(31)21(37)26(42)22(38)16(11)32)12-17(33)23(39)27(43)24(40)18(12)34/h3-8H,1-2H3/q-1. The Balaban J connectivity index is 2.59. The third-order valence-corrected chi connectivity index (χ3v) is 7.01. The van der Waals surface area contributed by atoms with Crippen LogP contribution >= 0.6 is 0 Å². The average molecular weight is 646 g/mol. The van der Waals surface area contributed by atoms with Crippen LogP contribution in [0.2, 0.25) is 0 Å². The molecular weight excluding hydrogens is 634 g/mol. The molecule has 234 valence electrons. The zero-order chi connectivity index (χ0) is 33.2. The van der Waals surface area contributed by atoms with Crippen LogP contribution in [-0.2, 0) is 0 Å². The molecule has 4 rings (SSSR count). The van der Waals surface area contributed by atoms with E-state index < -0.39 is 122 Å². The van der Waals surface area contributed by atoms with Crippen molar-refractivity contribution in [1.82, 2.24) is 0 Å². The number of benzene rings is 4. The molecule has 0 aromatic heterocycles. The van der Waals surface area contributed by atoms with Gasteiger partial charge in [-0.1, -0.05) is 18.2 Å². The summed E-state index contributed by atoms with van der Waals surface area (Å²) in [5, 5.41) is 0. The van der Waals surface area contributed by atoms with E-state index >= 15 is 26.3 Å². The molecule has 0 atom stereocenters. The molecule has 0 radical (unpaired) electrons. The summed E-state index contributed by atoms with van der Waals surface area (Å²) in [6.45, 7) is 1.77. The van der Waals surface area contributed by atoms with Gasteiger partial charge in [-0.2, -0.15) is 0 Å². The maximum Gasteiger partial charge on any atom is 0.200 e. The van der Waals surface area contributed by atoms with Crippen molar-refractivity contribution in [3.05, 3.63) is 118 Å². The summed E-state index contributed by atoms with van der Waals surface area (Å²) >= 11 is 0. The van der Waals surface area contributed by atoms with Crippen molar-refractivity contribution in [3.63, 3.8) is 0 Å². The van der Waals surface area contributed by atoms with Crippen LogP contribution in [0, 0.1) is 87.3 Å². The molecule has 0 unspecified atom stereocenters. The zero-order valence-corrected chi connectivity index (χ0v) is 21.7. The van der Waals surface area contributed by atoms with E-state index in [4.69, 9.17) is 0 Å². The lowest BCUT2D eigenvalue weighted by atomic mass is 9.22. The van der Waals surface area contributed by atoms with Crippen molar-refractivity contribution >= 4 is 28.4 Å². The van der Waals surface area contributed by atoms with Crippen molar-refractivity contribution in [1.29, 1.82) is 0 Å². The highest BCUT2D eigenvalue weighted by Crippen LogP contribution is 2.33. The van der Waals surface area contributed by atoms with Crippen LogP contribution < -0.4 is 21.2 Å². The van der Waals surface area contributed by atoms with E-state index in [-0.39, 0.29) is 4.81 Å². The number of para-hydroxylation sites is 1. The highest BCUT2D eigenvalue weighted by molar-refractivity contribution is 7.14. The van der Waals surface area contributed by atoms with E-state index in [2.05, 4.69) is 0 Å². The van der Waals surface area contributed by atoms with Crippen molar-refractivity contribution in [2.45, 2.75) is 19.9 Å². The molecule has 0 fully saturated rings. The van der Waals surface area contributed by atoms with Crippen LogP contribution in [0.15, 0.2) is 30.3 Å². The van der Waals surface area contributed by atoms with Crippen LogP contribution in [0.1, 0.15) is 13.8 Å². The Bertz CT molecular complexity index is 1560.